The highest BCUT2D eigenvalue weighted by Crippen LogP contribution is 2.51. The minimum absolute atomic E-state index is 0. The second-order valence-electron chi connectivity index (χ2n) is 10.2. The number of benzene rings is 3. The van der Waals surface area contributed by atoms with Gasteiger partial charge in [-0.25, -0.2) is 13.6 Å². The van der Waals surface area contributed by atoms with Gasteiger partial charge in [0.15, 0.2) is 11.5 Å². The van der Waals surface area contributed by atoms with Gasteiger partial charge in [-0.05, 0) is 76.9 Å². The Morgan fingerprint density at radius 2 is 1.74 bits per heavy atom. The summed E-state index contributed by atoms with van der Waals surface area (Å²) in [6.07, 6.45) is 1.50. The highest BCUT2D eigenvalue weighted by molar-refractivity contribution is 7.89. The van der Waals surface area contributed by atoms with Crippen LogP contribution in [0.15, 0.2) is 65.6 Å². The first-order valence-electron chi connectivity index (χ1n) is 11.5. The average molecular weight is 495 g/mol. The molecule has 0 aromatic heterocycles. The zero-order valence-corrected chi connectivity index (χ0v) is 20.7. The summed E-state index contributed by atoms with van der Waals surface area (Å²) in [6, 6.07) is 18.0. The largest absolute Gasteiger partial charge is 0.454 e. The van der Waals surface area contributed by atoms with Crippen molar-refractivity contribution in [1.29, 1.82) is 0 Å². The van der Waals surface area contributed by atoms with E-state index in [-0.39, 0.29) is 24.4 Å². The molecule has 0 spiro atoms. The van der Waals surface area contributed by atoms with Gasteiger partial charge in [-0.3, -0.25) is 4.79 Å². The van der Waals surface area contributed by atoms with E-state index in [0.29, 0.717) is 17.2 Å². The summed E-state index contributed by atoms with van der Waals surface area (Å²) in [5.74, 6) is 1.27. The molecule has 0 bridgehead atoms. The first kappa shape index (κ1) is 23.4. The van der Waals surface area contributed by atoms with Crippen molar-refractivity contribution in [1.82, 2.24) is 0 Å². The lowest BCUT2D eigenvalue weighted by atomic mass is 9.81. The average Bonchev–Trinajstić information content (AvgIpc) is 3.49. The van der Waals surface area contributed by atoms with Gasteiger partial charge in [0.1, 0.15) is 0 Å². The Morgan fingerprint density at radius 1 is 1.00 bits per heavy atom. The van der Waals surface area contributed by atoms with Crippen molar-refractivity contribution in [3.05, 3.63) is 71.8 Å². The first-order chi connectivity index (χ1) is 16.5. The molecular formula is C27H30N2O5S. The normalized spacial score (nSPS) is 16.1. The number of ether oxygens (including phenoxy) is 2. The number of fused-ring (bicyclic) bond motifs is 1. The molecule has 5 rings (SSSR count). The molecule has 3 aromatic carbocycles. The smallest absolute Gasteiger partial charge is 0.238 e. The fourth-order valence-corrected chi connectivity index (χ4v) is 5.13. The third-order valence-corrected chi connectivity index (χ3v) is 7.58. The van der Waals surface area contributed by atoms with E-state index < -0.39 is 15.4 Å². The third-order valence-electron chi connectivity index (χ3n) is 6.67. The fraction of sp³-hybridized carbons (Fsp3) is 0.296. The van der Waals surface area contributed by atoms with Gasteiger partial charge in [0.25, 0.3) is 0 Å². The number of primary sulfonamides is 1. The molecule has 1 amide bonds. The monoisotopic (exact) mass is 494 g/mol. The second kappa shape index (κ2) is 8.10. The van der Waals surface area contributed by atoms with Gasteiger partial charge in [-0.2, -0.15) is 0 Å². The van der Waals surface area contributed by atoms with Crippen molar-refractivity contribution in [2.75, 3.05) is 12.1 Å². The maximum Gasteiger partial charge on any atom is 0.238 e. The Bertz CT molecular complexity index is 1440. The van der Waals surface area contributed by atoms with Crippen molar-refractivity contribution < 1.29 is 24.1 Å². The molecule has 0 radical (unpaired) electrons. The predicted molar refractivity (Wildman–Crippen MR) is 136 cm³/mol. The SMILES string of the molecule is CC(C)(C)c1ccc(NC(=O)C2(c3ccc4c(c3)OCO4)CC2)cc1-c1cccc(S(N)(=O)=O)c1.[HH]. The number of sulfonamides is 1. The summed E-state index contributed by atoms with van der Waals surface area (Å²) in [7, 11) is -3.85. The van der Waals surface area contributed by atoms with Crippen LogP contribution in [0.2, 0.25) is 0 Å². The quantitative estimate of drug-likeness (QED) is 0.522. The van der Waals surface area contributed by atoms with Crippen LogP contribution in [0.25, 0.3) is 11.1 Å². The number of carbonyl (C=O) groups excluding carboxylic acids is 1. The maximum atomic E-state index is 13.4. The van der Waals surface area contributed by atoms with Crippen LogP contribution in [0.3, 0.4) is 0 Å². The van der Waals surface area contributed by atoms with Gasteiger partial charge >= 0.3 is 0 Å². The molecule has 1 saturated carbocycles. The molecule has 8 heteroatoms. The van der Waals surface area contributed by atoms with Gasteiger partial charge in [0.05, 0.1) is 10.3 Å². The van der Waals surface area contributed by atoms with E-state index in [1.54, 1.807) is 12.1 Å². The summed E-state index contributed by atoms with van der Waals surface area (Å²) >= 11 is 0. The predicted octanol–water partition coefficient (Wildman–Crippen LogP) is 4.94. The van der Waals surface area contributed by atoms with Crippen LogP contribution in [-0.4, -0.2) is 21.1 Å². The van der Waals surface area contributed by atoms with E-state index in [9.17, 15) is 13.2 Å². The minimum atomic E-state index is -3.85. The van der Waals surface area contributed by atoms with E-state index in [2.05, 4.69) is 26.1 Å². The Labute approximate surface area is 206 Å². The number of hydrogen-bond acceptors (Lipinski definition) is 5. The van der Waals surface area contributed by atoms with E-state index in [0.717, 1.165) is 35.1 Å². The molecule has 1 aliphatic carbocycles. The molecule has 0 atom stereocenters. The number of nitrogens with one attached hydrogen (secondary N) is 1. The Balaban J connectivity index is 0.00000304. The van der Waals surface area contributed by atoms with Gasteiger partial charge in [0.2, 0.25) is 22.7 Å². The van der Waals surface area contributed by atoms with Crippen molar-refractivity contribution in [2.45, 2.75) is 49.3 Å². The summed E-state index contributed by atoms with van der Waals surface area (Å²) in [5, 5.41) is 8.46. The van der Waals surface area contributed by atoms with Crippen molar-refractivity contribution in [3.8, 4) is 22.6 Å². The third kappa shape index (κ3) is 4.39. The molecule has 2 aliphatic rings. The van der Waals surface area contributed by atoms with Gasteiger partial charge in [-0.1, -0.05) is 45.0 Å². The number of hydrogen-bond donors (Lipinski definition) is 2. The van der Waals surface area contributed by atoms with Gasteiger partial charge in [0, 0.05) is 7.11 Å². The lowest BCUT2D eigenvalue weighted by Gasteiger charge is -2.25. The highest BCUT2D eigenvalue weighted by Gasteiger charge is 2.51. The van der Waals surface area contributed by atoms with E-state index in [4.69, 9.17) is 14.6 Å². The number of amides is 1. The number of anilines is 1. The topological polar surface area (TPSA) is 108 Å². The number of rotatable bonds is 5. The van der Waals surface area contributed by atoms with Gasteiger partial charge in [-0.15, -0.1) is 0 Å². The van der Waals surface area contributed by atoms with Crippen molar-refractivity contribution in [3.63, 3.8) is 0 Å². The number of carbonyl (C=O) groups is 1. The van der Waals surface area contributed by atoms with Crippen molar-refractivity contribution >= 4 is 21.6 Å². The maximum absolute atomic E-state index is 13.4. The molecule has 184 valence electrons. The van der Waals surface area contributed by atoms with Crippen molar-refractivity contribution in [2.24, 2.45) is 5.14 Å². The summed E-state index contributed by atoms with van der Waals surface area (Å²) < 4.78 is 34.8. The molecular weight excluding hydrogens is 464 g/mol. The first-order valence-corrected chi connectivity index (χ1v) is 13.0. The molecule has 1 fully saturated rings. The molecule has 3 N–H and O–H groups in total. The molecule has 0 unspecified atom stereocenters. The van der Waals surface area contributed by atoms with Crippen LogP contribution in [0.5, 0.6) is 11.5 Å². The lowest BCUT2D eigenvalue weighted by molar-refractivity contribution is -0.118. The number of nitrogens with two attached hydrogens (primary N) is 1. The summed E-state index contributed by atoms with van der Waals surface area (Å²) in [5.41, 5.74) is 3.33. The fourth-order valence-electron chi connectivity index (χ4n) is 4.57. The lowest BCUT2D eigenvalue weighted by Crippen LogP contribution is -2.28. The summed E-state index contributed by atoms with van der Waals surface area (Å²) in [4.78, 5) is 13.5. The van der Waals surface area contributed by atoms with Crippen LogP contribution in [0, 0.1) is 0 Å². The molecule has 35 heavy (non-hydrogen) atoms. The van der Waals surface area contributed by atoms with Crippen LogP contribution >= 0.6 is 0 Å². The zero-order valence-electron chi connectivity index (χ0n) is 19.9. The molecule has 0 saturated heterocycles. The summed E-state index contributed by atoms with van der Waals surface area (Å²) in [6.45, 7) is 6.46. The molecule has 3 aromatic rings. The second-order valence-corrected chi connectivity index (χ2v) is 11.7. The molecule has 7 nitrogen and oxygen atoms in total. The standard InChI is InChI=1S/C27H28N2O5S.H2/c1-26(2,3)22-9-8-19(15-21(22)17-5-4-6-20(13-17)35(28,31)32)29-25(30)27(11-12-27)18-7-10-23-24(14-18)34-16-33-23;/h4-10,13-15H,11-12,16H2,1-3H3,(H,29,30)(H2,28,31,32);1H. The van der Waals surface area contributed by atoms with E-state index in [1.807, 2.05) is 42.5 Å². The Hall–Kier alpha value is -3.36. The molecule has 1 aliphatic heterocycles. The van der Waals surface area contributed by atoms with Crippen LogP contribution in [-0.2, 0) is 25.6 Å². The Kier molecular flexibility index (Phi) is 5.41. The van der Waals surface area contributed by atoms with Crippen LogP contribution in [0.4, 0.5) is 5.69 Å². The van der Waals surface area contributed by atoms with Gasteiger partial charge < -0.3 is 14.8 Å². The zero-order chi connectivity index (χ0) is 25.0. The van der Waals surface area contributed by atoms with Crippen LogP contribution in [0.1, 0.15) is 46.2 Å². The Morgan fingerprint density at radius 3 is 2.43 bits per heavy atom. The van der Waals surface area contributed by atoms with Crippen LogP contribution < -0.4 is 19.9 Å². The highest BCUT2D eigenvalue weighted by atomic mass is 32.2. The van der Waals surface area contributed by atoms with E-state index in [1.165, 1.54) is 6.07 Å². The molecule has 1 heterocycles. The minimum Gasteiger partial charge on any atom is -0.454 e. The van der Waals surface area contributed by atoms with E-state index >= 15 is 0 Å².